The number of nitrogens with zero attached hydrogens (tertiary/aromatic N) is 1. The molecule has 2 heterocycles. The normalized spacial score (nSPS) is 18.5. The van der Waals surface area contributed by atoms with E-state index >= 15 is 0 Å². The summed E-state index contributed by atoms with van der Waals surface area (Å²) in [7, 11) is 0. The molecule has 1 N–H and O–H groups in total. The van der Waals surface area contributed by atoms with Crippen LogP contribution in [0.15, 0.2) is 35.7 Å². The van der Waals surface area contributed by atoms with Crippen molar-refractivity contribution in [1.29, 1.82) is 0 Å². The van der Waals surface area contributed by atoms with Gasteiger partial charge in [0, 0.05) is 24.0 Å². The van der Waals surface area contributed by atoms with Crippen LogP contribution in [0.1, 0.15) is 29.0 Å². The van der Waals surface area contributed by atoms with Crippen molar-refractivity contribution in [3.63, 3.8) is 0 Å². The van der Waals surface area contributed by atoms with Gasteiger partial charge in [0.25, 0.3) is 0 Å². The van der Waals surface area contributed by atoms with Crippen LogP contribution in [-0.2, 0) is 13.0 Å². The van der Waals surface area contributed by atoms with Gasteiger partial charge in [-0.15, -0.1) is 11.3 Å². The van der Waals surface area contributed by atoms with Crippen LogP contribution in [0.5, 0.6) is 5.75 Å². The van der Waals surface area contributed by atoms with Crippen LogP contribution < -0.4 is 4.74 Å². The van der Waals surface area contributed by atoms with E-state index in [1.54, 1.807) is 4.88 Å². The van der Waals surface area contributed by atoms with Crippen LogP contribution in [0.4, 0.5) is 0 Å². The number of hydrogen-bond donors (Lipinski definition) is 1. The highest BCUT2D eigenvalue weighted by Crippen LogP contribution is 2.33. The molecule has 1 aliphatic heterocycles. The quantitative estimate of drug-likeness (QED) is 0.920. The van der Waals surface area contributed by atoms with E-state index in [2.05, 4.69) is 35.4 Å². The first-order valence-corrected chi connectivity index (χ1v) is 8.29. The molecule has 0 saturated carbocycles. The summed E-state index contributed by atoms with van der Waals surface area (Å²) < 4.78 is 5.40. The van der Waals surface area contributed by atoms with Crippen molar-refractivity contribution in [1.82, 2.24) is 4.90 Å². The molecule has 2 aromatic rings. The van der Waals surface area contributed by atoms with Crippen LogP contribution in [0.3, 0.4) is 0 Å². The van der Waals surface area contributed by atoms with Crippen molar-refractivity contribution < 1.29 is 9.84 Å². The monoisotopic (exact) mass is 303 g/mol. The second kappa shape index (κ2) is 6.60. The molecule has 1 atom stereocenters. The number of benzene rings is 1. The Labute approximate surface area is 129 Å². The van der Waals surface area contributed by atoms with Gasteiger partial charge in [-0.2, -0.15) is 0 Å². The molecular weight excluding hydrogens is 282 g/mol. The average molecular weight is 303 g/mol. The molecule has 0 aliphatic carbocycles. The lowest BCUT2D eigenvalue weighted by atomic mass is 10.0. The summed E-state index contributed by atoms with van der Waals surface area (Å²) in [6.07, 6.45) is 1.16. The Morgan fingerprint density at radius 1 is 1.29 bits per heavy atom. The first-order chi connectivity index (χ1) is 10.3. The van der Waals surface area contributed by atoms with Crippen molar-refractivity contribution >= 4 is 11.3 Å². The predicted octanol–water partition coefficient (Wildman–Crippen LogP) is 3.24. The maximum absolute atomic E-state index is 8.76. The van der Waals surface area contributed by atoms with E-state index in [0.29, 0.717) is 12.6 Å². The third-order valence-corrected chi connectivity index (χ3v) is 5.07. The molecule has 1 aliphatic rings. The number of aliphatic hydroxyl groups is 1. The minimum absolute atomic E-state index is 0.0516. The molecule has 0 bridgehead atoms. The molecule has 1 aromatic carbocycles. The highest BCUT2D eigenvalue weighted by Gasteiger charge is 2.24. The second-order valence-electron chi connectivity index (χ2n) is 5.41. The molecule has 1 unspecified atom stereocenters. The number of hydrogen-bond acceptors (Lipinski definition) is 4. The van der Waals surface area contributed by atoms with Crippen LogP contribution in [0, 0.1) is 0 Å². The molecule has 0 radical (unpaired) electrons. The molecular formula is C17H21NO2S. The first kappa shape index (κ1) is 14.6. The zero-order chi connectivity index (χ0) is 14.7. The van der Waals surface area contributed by atoms with Gasteiger partial charge in [0.1, 0.15) is 12.4 Å². The molecule has 0 spiro atoms. The fraction of sp³-hybridized carbons (Fsp3) is 0.412. The summed E-state index contributed by atoms with van der Waals surface area (Å²) in [6.45, 7) is 4.79. The highest BCUT2D eigenvalue weighted by molar-refractivity contribution is 7.10. The van der Waals surface area contributed by atoms with Gasteiger partial charge in [-0.25, -0.2) is 0 Å². The summed E-state index contributed by atoms with van der Waals surface area (Å²) in [4.78, 5) is 4.07. The zero-order valence-corrected chi connectivity index (χ0v) is 13.1. The number of rotatable bonds is 5. The molecule has 3 nitrogen and oxygen atoms in total. The van der Waals surface area contributed by atoms with E-state index in [-0.39, 0.29) is 6.61 Å². The molecule has 3 rings (SSSR count). The topological polar surface area (TPSA) is 32.7 Å². The number of aliphatic hydroxyl groups excluding tert-OH is 1. The van der Waals surface area contributed by atoms with E-state index in [1.807, 2.05) is 23.5 Å². The molecule has 112 valence electrons. The Hall–Kier alpha value is -1.36. The lowest BCUT2D eigenvalue weighted by Gasteiger charge is -2.33. The summed E-state index contributed by atoms with van der Waals surface area (Å²) >= 11 is 1.88. The highest BCUT2D eigenvalue weighted by atomic mass is 32.1. The van der Waals surface area contributed by atoms with Crippen LogP contribution in [0.2, 0.25) is 0 Å². The predicted molar refractivity (Wildman–Crippen MR) is 85.9 cm³/mol. The number of thiophene rings is 1. The van der Waals surface area contributed by atoms with Gasteiger partial charge >= 0.3 is 0 Å². The molecule has 4 heteroatoms. The van der Waals surface area contributed by atoms with E-state index in [0.717, 1.165) is 25.3 Å². The fourth-order valence-electron chi connectivity index (χ4n) is 2.87. The smallest absolute Gasteiger partial charge is 0.119 e. The average Bonchev–Trinajstić information content (AvgIpc) is 2.99. The molecule has 21 heavy (non-hydrogen) atoms. The fourth-order valence-corrected chi connectivity index (χ4v) is 3.83. The van der Waals surface area contributed by atoms with E-state index in [4.69, 9.17) is 9.84 Å². The third kappa shape index (κ3) is 3.28. The summed E-state index contributed by atoms with van der Waals surface area (Å²) in [5.41, 5.74) is 2.80. The summed E-state index contributed by atoms with van der Waals surface area (Å²) in [5.74, 6) is 0.819. The van der Waals surface area contributed by atoms with Gasteiger partial charge in [-0.1, -0.05) is 12.1 Å². The van der Waals surface area contributed by atoms with E-state index in [9.17, 15) is 0 Å². The maximum atomic E-state index is 8.76. The Bertz CT molecular complexity index is 579. The minimum atomic E-state index is 0.0516. The Morgan fingerprint density at radius 2 is 2.10 bits per heavy atom. The zero-order valence-electron chi connectivity index (χ0n) is 12.3. The largest absolute Gasteiger partial charge is 0.491 e. The Kier molecular flexibility index (Phi) is 4.58. The van der Waals surface area contributed by atoms with Gasteiger partial charge < -0.3 is 9.84 Å². The lowest BCUT2D eigenvalue weighted by Crippen LogP contribution is -2.32. The van der Waals surface area contributed by atoms with Crippen molar-refractivity contribution in [2.24, 2.45) is 0 Å². The van der Waals surface area contributed by atoms with Crippen molar-refractivity contribution in [2.75, 3.05) is 19.8 Å². The molecule has 1 aromatic heterocycles. The van der Waals surface area contributed by atoms with Crippen LogP contribution in [0.25, 0.3) is 0 Å². The first-order valence-electron chi connectivity index (χ1n) is 7.41. The van der Waals surface area contributed by atoms with Gasteiger partial charge in [0.15, 0.2) is 0 Å². The third-order valence-electron chi connectivity index (χ3n) is 4.07. The second-order valence-corrected chi connectivity index (χ2v) is 6.41. The van der Waals surface area contributed by atoms with Crippen LogP contribution in [-0.4, -0.2) is 29.8 Å². The molecule has 0 amide bonds. The molecule has 0 saturated heterocycles. The lowest BCUT2D eigenvalue weighted by molar-refractivity contribution is 0.191. The van der Waals surface area contributed by atoms with Crippen molar-refractivity contribution in [2.45, 2.75) is 25.9 Å². The van der Waals surface area contributed by atoms with E-state index < -0.39 is 0 Å². The summed E-state index contributed by atoms with van der Waals surface area (Å²) in [6, 6.07) is 10.9. The Morgan fingerprint density at radius 3 is 2.86 bits per heavy atom. The minimum Gasteiger partial charge on any atom is -0.491 e. The Balaban J connectivity index is 1.64. The standard InChI is InChI=1S/C17H21NO2S/c1-13-16-7-11-21-17(16)6-8-18(13)12-14-2-4-15(5-3-14)20-10-9-19/h2-5,7,11,13,19H,6,8-10,12H2,1H3. The number of fused-ring (bicyclic) bond motifs is 1. The maximum Gasteiger partial charge on any atom is 0.119 e. The van der Waals surface area contributed by atoms with Crippen molar-refractivity contribution in [3.8, 4) is 5.75 Å². The summed E-state index contributed by atoms with van der Waals surface area (Å²) in [5, 5.41) is 11.0. The number of ether oxygens (including phenoxy) is 1. The van der Waals surface area contributed by atoms with Gasteiger partial charge in [0.2, 0.25) is 0 Å². The van der Waals surface area contributed by atoms with Gasteiger partial charge in [-0.3, -0.25) is 4.90 Å². The SMILES string of the molecule is CC1c2ccsc2CCN1Cc1ccc(OCCO)cc1. The van der Waals surface area contributed by atoms with Crippen molar-refractivity contribution in [3.05, 3.63) is 51.7 Å². The molecule has 0 fully saturated rings. The van der Waals surface area contributed by atoms with Gasteiger partial charge in [-0.05, 0) is 48.1 Å². The van der Waals surface area contributed by atoms with Gasteiger partial charge in [0.05, 0.1) is 6.61 Å². The van der Waals surface area contributed by atoms with Crippen LogP contribution >= 0.6 is 11.3 Å². The van der Waals surface area contributed by atoms with E-state index in [1.165, 1.54) is 11.1 Å².